The molecule has 0 spiro atoms. The van der Waals surface area contributed by atoms with Crippen LogP contribution in [-0.2, 0) is 38.6 Å². The highest BCUT2D eigenvalue weighted by Gasteiger charge is 2.34. The van der Waals surface area contributed by atoms with Gasteiger partial charge in [-0.2, -0.15) is 0 Å². The Kier molecular flexibility index (Phi) is 6.29. The van der Waals surface area contributed by atoms with Crippen molar-refractivity contribution in [3.05, 3.63) is 46.1 Å². The monoisotopic (exact) mass is 417 g/mol. The Labute approximate surface area is 172 Å². The lowest BCUT2D eigenvalue weighted by atomic mass is 9.93. The van der Waals surface area contributed by atoms with E-state index in [0.717, 1.165) is 10.4 Å². The molecule has 1 aliphatic heterocycles. The number of carbonyl (C=O) groups is 3. The van der Waals surface area contributed by atoms with E-state index in [1.165, 1.54) is 11.3 Å². The van der Waals surface area contributed by atoms with E-state index in [2.05, 4.69) is 15.6 Å². The van der Waals surface area contributed by atoms with Crippen molar-refractivity contribution in [3.63, 3.8) is 0 Å². The number of hydrogen-bond donors (Lipinski definition) is 2. The highest BCUT2D eigenvalue weighted by molar-refractivity contribution is 7.17. The zero-order valence-electron chi connectivity index (χ0n) is 16.5. The molecule has 2 amide bonds. The fourth-order valence-corrected chi connectivity index (χ4v) is 4.09. The third kappa shape index (κ3) is 4.99. The number of carbonyl (C=O) groups excluding carboxylic acids is 3. The number of nitrogens with zero attached hydrogens (tertiary/aromatic N) is 1. The van der Waals surface area contributed by atoms with Gasteiger partial charge in [-0.05, 0) is 38.5 Å². The number of amides is 2. The average molecular weight is 417 g/mol. The number of anilines is 1. The molecule has 29 heavy (non-hydrogen) atoms. The van der Waals surface area contributed by atoms with Crippen LogP contribution in [0.2, 0.25) is 0 Å². The van der Waals surface area contributed by atoms with Crippen LogP contribution in [0.3, 0.4) is 0 Å². The van der Waals surface area contributed by atoms with E-state index in [-0.39, 0.29) is 13.2 Å². The number of esters is 1. The lowest BCUT2D eigenvalue weighted by Crippen LogP contribution is -2.35. The maximum absolute atomic E-state index is 12.6. The van der Waals surface area contributed by atoms with Crippen molar-refractivity contribution in [2.75, 3.05) is 11.9 Å². The molecule has 0 aromatic carbocycles. The number of pyridine rings is 1. The van der Waals surface area contributed by atoms with Gasteiger partial charge in [-0.3, -0.25) is 14.6 Å². The number of rotatable bonds is 5. The molecule has 154 valence electrons. The normalized spacial score (nSPS) is 14.6. The van der Waals surface area contributed by atoms with Crippen molar-refractivity contribution >= 4 is 34.1 Å². The van der Waals surface area contributed by atoms with Crippen LogP contribution in [0.25, 0.3) is 0 Å². The van der Waals surface area contributed by atoms with Gasteiger partial charge >= 0.3 is 17.8 Å². The molecule has 0 unspecified atom stereocenters. The smallest absolute Gasteiger partial charge is 0.341 e. The summed E-state index contributed by atoms with van der Waals surface area (Å²) >= 11 is 1.23. The molecule has 0 bridgehead atoms. The minimum Gasteiger partial charge on any atom is -0.462 e. The molecular weight excluding hydrogens is 394 g/mol. The summed E-state index contributed by atoms with van der Waals surface area (Å²) in [6.07, 6.45) is 2.11. The molecule has 8 nitrogen and oxygen atoms in total. The van der Waals surface area contributed by atoms with Gasteiger partial charge < -0.3 is 20.1 Å². The summed E-state index contributed by atoms with van der Waals surface area (Å²) in [5, 5.41) is 5.38. The molecule has 3 rings (SSSR count). The zero-order chi connectivity index (χ0) is 21.0. The molecule has 0 saturated carbocycles. The number of nitrogens with one attached hydrogen (secondary N) is 2. The maximum atomic E-state index is 12.6. The fourth-order valence-electron chi connectivity index (χ4n) is 2.97. The van der Waals surface area contributed by atoms with Gasteiger partial charge in [-0.15, -0.1) is 11.3 Å². The van der Waals surface area contributed by atoms with Crippen molar-refractivity contribution in [1.82, 2.24) is 10.3 Å². The number of thiophene rings is 1. The first kappa shape index (κ1) is 20.9. The molecule has 3 heterocycles. The summed E-state index contributed by atoms with van der Waals surface area (Å²) in [4.78, 5) is 42.1. The second-order valence-electron chi connectivity index (χ2n) is 7.11. The average Bonchev–Trinajstić information content (AvgIpc) is 3.02. The molecule has 0 aliphatic carbocycles. The third-order valence-electron chi connectivity index (χ3n) is 4.36. The van der Waals surface area contributed by atoms with Crippen LogP contribution in [0.15, 0.2) is 24.4 Å². The Hall–Kier alpha value is -2.78. The van der Waals surface area contributed by atoms with Gasteiger partial charge in [-0.1, -0.05) is 6.07 Å². The summed E-state index contributed by atoms with van der Waals surface area (Å²) in [7, 11) is 0. The summed E-state index contributed by atoms with van der Waals surface area (Å²) in [5.74, 6) is -2.19. The molecule has 0 fully saturated rings. The van der Waals surface area contributed by atoms with Crippen LogP contribution in [0, 0.1) is 0 Å². The molecule has 2 aromatic rings. The standard InChI is InChI=1S/C20H23N3O5S/c1-4-27-19(26)15-13-9-20(2,3)28-11-14(13)29-18(15)23-17(25)16(24)22-10-12-7-5-6-8-21-12/h5-8H,4,9-11H2,1-3H3,(H,22,24)(H,23,25). The van der Waals surface area contributed by atoms with Gasteiger partial charge in [0.2, 0.25) is 0 Å². The maximum Gasteiger partial charge on any atom is 0.341 e. The highest BCUT2D eigenvalue weighted by atomic mass is 32.1. The molecule has 1 aliphatic rings. The quantitative estimate of drug-likeness (QED) is 0.572. The van der Waals surface area contributed by atoms with Gasteiger partial charge in [0.1, 0.15) is 5.00 Å². The Morgan fingerprint density at radius 2 is 2.07 bits per heavy atom. The van der Waals surface area contributed by atoms with Crippen molar-refractivity contribution in [2.24, 2.45) is 0 Å². The van der Waals surface area contributed by atoms with Crippen molar-refractivity contribution in [1.29, 1.82) is 0 Å². The number of aromatic nitrogens is 1. The Balaban J connectivity index is 1.77. The lowest BCUT2D eigenvalue weighted by Gasteiger charge is -2.30. The van der Waals surface area contributed by atoms with Crippen LogP contribution < -0.4 is 10.6 Å². The molecule has 2 aromatic heterocycles. The Morgan fingerprint density at radius 1 is 1.28 bits per heavy atom. The third-order valence-corrected chi connectivity index (χ3v) is 5.48. The summed E-state index contributed by atoms with van der Waals surface area (Å²) in [6, 6.07) is 5.30. The SMILES string of the molecule is CCOC(=O)c1c(NC(=O)C(=O)NCc2ccccn2)sc2c1CC(C)(C)OC2. The minimum absolute atomic E-state index is 0.126. The van der Waals surface area contributed by atoms with Crippen molar-refractivity contribution in [3.8, 4) is 0 Å². The molecular formula is C20H23N3O5S. The second kappa shape index (κ2) is 8.71. The van der Waals surface area contributed by atoms with Gasteiger partial charge in [0, 0.05) is 17.5 Å². The van der Waals surface area contributed by atoms with Gasteiger partial charge in [0.25, 0.3) is 0 Å². The van der Waals surface area contributed by atoms with Crippen LogP contribution in [-0.4, -0.2) is 35.0 Å². The van der Waals surface area contributed by atoms with E-state index in [0.29, 0.717) is 29.3 Å². The Morgan fingerprint density at radius 3 is 2.76 bits per heavy atom. The molecule has 2 N–H and O–H groups in total. The predicted octanol–water partition coefficient (Wildman–Crippen LogP) is 2.43. The van der Waals surface area contributed by atoms with Crippen LogP contribution in [0.1, 0.15) is 47.3 Å². The number of fused-ring (bicyclic) bond motifs is 1. The molecule has 9 heteroatoms. The molecule has 0 atom stereocenters. The largest absolute Gasteiger partial charge is 0.462 e. The van der Waals surface area contributed by atoms with Gasteiger partial charge in [-0.25, -0.2) is 4.79 Å². The highest BCUT2D eigenvalue weighted by Crippen LogP contribution is 2.40. The number of ether oxygens (including phenoxy) is 2. The van der Waals surface area contributed by atoms with E-state index in [9.17, 15) is 14.4 Å². The predicted molar refractivity (Wildman–Crippen MR) is 108 cm³/mol. The minimum atomic E-state index is -0.856. The van der Waals surface area contributed by atoms with Gasteiger partial charge in [0.05, 0.1) is 36.6 Å². The van der Waals surface area contributed by atoms with E-state index < -0.39 is 23.4 Å². The summed E-state index contributed by atoms with van der Waals surface area (Å²) in [5.41, 5.74) is 1.30. The number of hydrogen-bond acceptors (Lipinski definition) is 7. The van der Waals surface area contributed by atoms with Crippen LogP contribution >= 0.6 is 11.3 Å². The fraction of sp³-hybridized carbons (Fsp3) is 0.400. The van der Waals surface area contributed by atoms with E-state index in [1.54, 1.807) is 31.3 Å². The van der Waals surface area contributed by atoms with Gasteiger partial charge in [0.15, 0.2) is 0 Å². The van der Waals surface area contributed by atoms with Crippen molar-refractivity contribution < 1.29 is 23.9 Å². The zero-order valence-corrected chi connectivity index (χ0v) is 17.4. The topological polar surface area (TPSA) is 107 Å². The summed E-state index contributed by atoms with van der Waals surface area (Å²) in [6.45, 7) is 6.26. The first-order chi connectivity index (χ1) is 13.8. The van der Waals surface area contributed by atoms with E-state index >= 15 is 0 Å². The molecule has 0 saturated heterocycles. The van der Waals surface area contributed by atoms with Crippen molar-refractivity contribution in [2.45, 2.75) is 45.9 Å². The molecule has 0 radical (unpaired) electrons. The first-order valence-electron chi connectivity index (χ1n) is 9.25. The van der Waals surface area contributed by atoms with Crippen LogP contribution in [0.4, 0.5) is 5.00 Å². The second-order valence-corrected chi connectivity index (χ2v) is 8.22. The van der Waals surface area contributed by atoms with E-state index in [4.69, 9.17) is 9.47 Å². The van der Waals surface area contributed by atoms with Crippen LogP contribution in [0.5, 0.6) is 0 Å². The van der Waals surface area contributed by atoms with E-state index in [1.807, 2.05) is 13.8 Å². The Bertz CT molecular complexity index is 924. The lowest BCUT2D eigenvalue weighted by molar-refractivity contribution is -0.136. The first-order valence-corrected chi connectivity index (χ1v) is 10.1. The summed E-state index contributed by atoms with van der Waals surface area (Å²) < 4.78 is 11.0.